The first-order valence-corrected chi connectivity index (χ1v) is 5.74. The predicted octanol–water partition coefficient (Wildman–Crippen LogP) is 1.11. The molecule has 1 N–H and O–H groups in total. The second-order valence-corrected chi connectivity index (χ2v) is 4.06. The van der Waals surface area contributed by atoms with E-state index in [9.17, 15) is 4.79 Å². The molecule has 0 bridgehead atoms. The van der Waals surface area contributed by atoms with Crippen LogP contribution in [0, 0.1) is 0 Å². The zero-order valence-corrected chi connectivity index (χ0v) is 9.65. The molecule has 2 aromatic rings. The van der Waals surface area contributed by atoms with E-state index in [1.165, 1.54) is 5.01 Å². The van der Waals surface area contributed by atoms with Crippen LogP contribution in [-0.4, -0.2) is 22.4 Å². The van der Waals surface area contributed by atoms with Gasteiger partial charge in [0.2, 0.25) is 0 Å². The first kappa shape index (κ1) is 10.9. The van der Waals surface area contributed by atoms with E-state index >= 15 is 0 Å². The van der Waals surface area contributed by atoms with Crippen LogP contribution in [0.2, 0.25) is 0 Å². The number of hydrogen-bond acceptors (Lipinski definition) is 4. The van der Waals surface area contributed by atoms with Gasteiger partial charge in [0.25, 0.3) is 5.91 Å². The van der Waals surface area contributed by atoms with Gasteiger partial charge in [-0.15, -0.1) is 0 Å². The SMILES string of the molecule is O=C1C(c2cccnc2)CNN1c1ccccn1. The monoisotopic (exact) mass is 240 g/mol. The number of rotatable bonds is 2. The number of anilines is 1. The normalized spacial score (nSPS) is 19.2. The number of nitrogens with zero attached hydrogens (tertiary/aromatic N) is 3. The van der Waals surface area contributed by atoms with E-state index in [0.717, 1.165) is 5.56 Å². The van der Waals surface area contributed by atoms with E-state index in [4.69, 9.17) is 0 Å². The van der Waals surface area contributed by atoms with Gasteiger partial charge < -0.3 is 0 Å². The maximum Gasteiger partial charge on any atom is 0.251 e. The maximum atomic E-state index is 12.3. The van der Waals surface area contributed by atoms with E-state index in [0.29, 0.717) is 12.4 Å². The van der Waals surface area contributed by atoms with Crippen LogP contribution in [0.5, 0.6) is 0 Å². The molecule has 0 aromatic carbocycles. The van der Waals surface area contributed by atoms with Gasteiger partial charge in [-0.3, -0.25) is 9.78 Å². The first-order valence-electron chi connectivity index (χ1n) is 5.74. The highest BCUT2D eigenvalue weighted by Crippen LogP contribution is 2.24. The minimum Gasteiger partial charge on any atom is -0.272 e. The van der Waals surface area contributed by atoms with Crippen LogP contribution in [0.15, 0.2) is 48.9 Å². The van der Waals surface area contributed by atoms with Crippen molar-refractivity contribution >= 4 is 11.7 Å². The third-order valence-electron chi connectivity index (χ3n) is 2.94. The van der Waals surface area contributed by atoms with Gasteiger partial charge in [0.15, 0.2) is 0 Å². The van der Waals surface area contributed by atoms with Crippen LogP contribution in [0.3, 0.4) is 0 Å². The summed E-state index contributed by atoms with van der Waals surface area (Å²) in [7, 11) is 0. The van der Waals surface area contributed by atoms with Crippen molar-refractivity contribution in [3.05, 3.63) is 54.5 Å². The highest BCUT2D eigenvalue weighted by molar-refractivity contribution is 5.98. The average molecular weight is 240 g/mol. The molecule has 5 nitrogen and oxygen atoms in total. The topological polar surface area (TPSA) is 58.1 Å². The molecule has 0 aliphatic carbocycles. The largest absolute Gasteiger partial charge is 0.272 e. The van der Waals surface area contributed by atoms with E-state index < -0.39 is 0 Å². The van der Waals surface area contributed by atoms with Gasteiger partial charge >= 0.3 is 0 Å². The molecule has 5 heteroatoms. The Morgan fingerprint density at radius 3 is 2.89 bits per heavy atom. The van der Waals surface area contributed by atoms with Crippen molar-refractivity contribution in [1.82, 2.24) is 15.4 Å². The molecule has 1 aliphatic rings. The lowest BCUT2D eigenvalue weighted by molar-refractivity contribution is -0.118. The molecule has 3 heterocycles. The van der Waals surface area contributed by atoms with Gasteiger partial charge in [0.1, 0.15) is 5.82 Å². The molecule has 1 aliphatic heterocycles. The Labute approximate surface area is 104 Å². The first-order chi connectivity index (χ1) is 8.86. The zero-order valence-electron chi connectivity index (χ0n) is 9.65. The molecule has 0 saturated carbocycles. The maximum absolute atomic E-state index is 12.3. The summed E-state index contributed by atoms with van der Waals surface area (Å²) in [5.74, 6) is 0.427. The fraction of sp³-hybridized carbons (Fsp3) is 0.154. The summed E-state index contributed by atoms with van der Waals surface area (Å²) >= 11 is 0. The molecule has 1 atom stereocenters. The lowest BCUT2D eigenvalue weighted by atomic mass is 10.0. The van der Waals surface area contributed by atoms with Crippen molar-refractivity contribution < 1.29 is 4.79 Å². The van der Waals surface area contributed by atoms with Crippen LogP contribution in [-0.2, 0) is 4.79 Å². The Kier molecular flexibility index (Phi) is 2.74. The fourth-order valence-corrected chi connectivity index (χ4v) is 2.03. The van der Waals surface area contributed by atoms with Gasteiger partial charge in [-0.2, -0.15) is 0 Å². The molecule has 1 unspecified atom stereocenters. The second-order valence-electron chi connectivity index (χ2n) is 4.06. The zero-order chi connectivity index (χ0) is 12.4. The van der Waals surface area contributed by atoms with E-state index in [1.54, 1.807) is 24.7 Å². The van der Waals surface area contributed by atoms with Crippen molar-refractivity contribution in [2.24, 2.45) is 0 Å². The number of carbonyl (C=O) groups excluding carboxylic acids is 1. The van der Waals surface area contributed by atoms with Gasteiger partial charge in [-0.05, 0) is 23.8 Å². The van der Waals surface area contributed by atoms with Crippen molar-refractivity contribution in [3.8, 4) is 0 Å². The lowest BCUT2D eigenvalue weighted by Gasteiger charge is -2.14. The molecular formula is C13H12N4O. The Morgan fingerprint density at radius 1 is 1.22 bits per heavy atom. The molecular weight excluding hydrogens is 228 g/mol. The summed E-state index contributed by atoms with van der Waals surface area (Å²) in [6.07, 6.45) is 5.10. The highest BCUT2D eigenvalue weighted by atomic mass is 16.2. The van der Waals surface area contributed by atoms with Gasteiger partial charge in [0.05, 0.1) is 5.92 Å². The molecule has 0 radical (unpaired) electrons. The van der Waals surface area contributed by atoms with Crippen molar-refractivity contribution in [1.29, 1.82) is 0 Å². The minimum atomic E-state index is -0.194. The lowest BCUT2D eigenvalue weighted by Crippen LogP contribution is -2.35. The predicted molar refractivity (Wildman–Crippen MR) is 66.7 cm³/mol. The van der Waals surface area contributed by atoms with E-state index in [2.05, 4.69) is 15.4 Å². The molecule has 0 spiro atoms. The van der Waals surface area contributed by atoms with Crippen LogP contribution in [0.1, 0.15) is 11.5 Å². The smallest absolute Gasteiger partial charge is 0.251 e. The summed E-state index contributed by atoms with van der Waals surface area (Å²) < 4.78 is 0. The van der Waals surface area contributed by atoms with Gasteiger partial charge in [0, 0.05) is 25.1 Å². The average Bonchev–Trinajstić information content (AvgIpc) is 2.83. The number of aromatic nitrogens is 2. The Bertz CT molecular complexity index is 494. The Balaban J connectivity index is 1.86. The standard InChI is InChI=1S/C13H12N4O/c18-13-11(10-4-3-6-14-8-10)9-16-17(13)12-5-1-2-7-15-12/h1-8,11,16H,9H2. The minimum absolute atomic E-state index is 0.00157. The summed E-state index contributed by atoms with van der Waals surface area (Å²) in [6.45, 7) is 0.571. The summed E-state index contributed by atoms with van der Waals surface area (Å²) in [5.41, 5.74) is 3.99. The quantitative estimate of drug-likeness (QED) is 0.854. The Morgan fingerprint density at radius 2 is 2.17 bits per heavy atom. The summed E-state index contributed by atoms with van der Waals surface area (Å²) in [6, 6.07) is 9.24. The number of carbonyl (C=O) groups is 1. The molecule has 2 aromatic heterocycles. The number of amides is 1. The summed E-state index contributed by atoms with van der Waals surface area (Å²) in [5, 5.41) is 1.50. The van der Waals surface area contributed by atoms with Crippen molar-refractivity contribution in [2.75, 3.05) is 11.6 Å². The molecule has 1 amide bonds. The number of hydrogen-bond donors (Lipinski definition) is 1. The summed E-state index contributed by atoms with van der Waals surface area (Å²) in [4.78, 5) is 20.5. The molecule has 18 heavy (non-hydrogen) atoms. The van der Waals surface area contributed by atoms with Gasteiger partial charge in [-0.1, -0.05) is 12.1 Å². The van der Waals surface area contributed by atoms with Crippen LogP contribution in [0.4, 0.5) is 5.82 Å². The molecule has 90 valence electrons. The third kappa shape index (κ3) is 1.84. The van der Waals surface area contributed by atoms with Crippen LogP contribution < -0.4 is 10.4 Å². The highest BCUT2D eigenvalue weighted by Gasteiger charge is 2.34. The Hall–Kier alpha value is -2.27. The number of hydrazine groups is 1. The van der Waals surface area contributed by atoms with Crippen LogP contribution in [0.25, 0.3) is 0 Å². The number of pyridine rings is 2. The van der Waals surface area contributed by atoms with E-state index in [1.807, 2.05) is 24.3 Å². The molecule has 3 rings (SSSR count). The van der Waals surface area contributed by atoms with Gasteiger partial charge in [-0.25, -0.2) is 15.4 Å². The molecule has 1 saturated heterocycles. The van der Waals surface area contributed by atoms with Crippen LogP contribution >= 0.6 is 0 Å². The van der Waals surface area contributed by atoms with E-state index in [-0.39, 0.29) is 11.8 Å². The van der Waals surface area contributed by atoms with Crippen molar-refractivity contribution in [3.63, 3.8) is 0 Å². The van der Waals surface area contributed by atoms with Crippen molar-refractivity contribution in [2.45, 2.75) is 5.92 Å². The number of nitrogens with one attached hydrogen (secondary N) is 1. The molecule has 1 fully saturated rings. The third-order valence-corrected chi connectivity index (χ3v) is 2.94. The fourth-order valence-electron chi connectivity index (χ4n) is 2.03. The second kappa shape index (κ2) is 4.54.